The van der Waals surface area contributed by atoms with E-state index in [0.717, 1.165) is 39.8 Å². The predicted octanol–water partition coefficient (Wildman–Crippen LogP) is 5.24. The summed E-state index contributed by atoms with van der Waals surface area (Å²) < 4.78 is 2.31. The Balaban J connectivity index is 1.49. The molecule has 1 heterocycles. The Morgan fingerprint density at radius 3 is 1.49 bits per heavy atom. The number of hydrogen-bond donors (Lipinski definition) is 2. The van der Waals surface area contributed by atoms with Crippen molar-refractivity contribution in [3.8, 4) is 0 Å². The highest BCUT2D eigenvalue weighted by Crippen LogP contribution is 2.30. The molecule has 0 bridgehead atoms. The fraction of sp³-hybridized carbons (Fsp3) is 0.0714. The molecule has 5 rings (SSSR count). The summed E-state index contributed by atoms with van der Waals surface area (Å²) in [5.74, 6) is 12.2. The zero-order valence-electron chi connectivity index (χ0n) is 19.5. The van der Waals surface area contributed by atoms with Crippen LogP contribution in [0.4, 0.5) is 11.4 Å². The van der Waals surface area contributed by atoms with Gasteiger partial charge in [-0.3, -0.25) is 0 Å². The Kier molecular flexibility index (Phi) is 6.26. The van der Waals surface area contributed by atoms with E-state index in [1.807, 2.05) is 60.7 Å². The highest BCUT2D eigenvalue weighted by atomic mass is 15.6. The molecule has 1 aromatic heterocycles. The van der Waals surface area contributed by atoms with E-state index in [1.165, 1.54) is 21.3 Å². The minimum atomic E-state index is 0.820. The van der Waals surface area contributed by atoms with Gasteiger partial charge in [0.05, 0.1) is 23.8 Å². The van der Waals surface area contributed by atoms with Crippen molar-refractivity contribution in [2.45, 2.75) is 13.5 Å². The average molecular weight is 462 g/mol. The highest BCUT2D eigenvalue weighted by molar-refractivity contribution is 6.10. The summed E-state index contributed by atoms with van der Waals surface area (Å²) in [7, 11) is 0. The Morgan fingerprint density at radius 2 is 1.09 bits per heavy atom. The van der Waals surface area contributed by atoms with Crippen LogP contribution in [0.15, 0.2) is 107 Å². The molecule has 7 heteroatoms. The minimum absolute atomic E-state index is 0.820. The van der Waals surface area contributed by atoms with Crippen molar-refractivity contribution in [2.24, 2.45) is 21.9 Å². The standard InChI is InChI=1S/C28H27N7/c1-2-33-27-15-13-21(19-31-34(29)23-9-5-3-6-10-23)17-25(27)26-18-22(14-16-28(26)33)20-32-35(30)24-11-7-4-8-12-24/h3-20H,2,29-30H2,1H3/b31-19+,32-20+. The monoisotopic (exact) mass is 461 g/mol. The number of hydrogen-bond acceptors (Lipinski definition) is 6. The molecular formula is C28H27N7. The third-order valence-electron chi connectivity index (χ3n) is 5.93. The number of para-hydroxylation sites is 2. The lowest BCUT2D eigenvalue weighted by molar-refractivity contribution is 0.827. The Bertz CT molecular complexity index is 1390. The first kappa shape index (κ1) is 22.3. The van der Waals surface area contributed by atoms with Crippen LogP contribution in [-0.4, -0.2) is 17.0 Å². The number of aromatic nitrogens is 1. The molecule has 5 aromatic rings. The van der Waals surface area contributed by atoms with Gasteiger partial charge in [-0.15, -0.1) is 0 Å². The fourth-order valence-corrected chi connectivity index (χ4v) is 4.19. The molecule has 0 unspecified atom stereocenters. The summed E-state index contributed by atoms with van der Waals surface area (Å²) in [6, 6.07) is 32.0. The second kappa shape index (κ2) is 9.80. The van der Waals surface area contributed by atoms with Gasteiger partial charge in [0, 0.05) is 28.4 Å². The molecule has 0 saturated heterocycles. The highest BCUT2D eigenvalue weighted by Gasteiger charge is 2.11. The summed E-state index contributed by atoms with van der Waals surface area (Å²) in [5.41, 5.74) is 5.92. The smallest absolute Gasteiger partial charge is 0.0776 e. The molecule has 4 aromatic carbocycles. The molecule has 4 N–H and O–H groups in total. The number of rotatable bonds is 7. The number of nitrogens with two attached hydrogens (primary N) is 2. The van der Waals surface area contributed by atoms with Crippen molar-refractivity contribution in [3.63, 3.8) is 0 Å². The van der Waals surface area contributed by atoms with Crippen LogP contribution in [0.1, 0.15) is 18.1 Å². The number of hydrazine groups is 2. The van der Waals surface area contributed by atoms with Gasteiger partial charge < -0.3 is 4.57 Å². The Labute approximate surface area is 204 Å². The Morgan fingerprint density at radius 1 is 0.657 bits per heavy atom. The summed E-state index contributed by atoms with van der Waals surface area (Å²) in [5, 5.41) is 13.9. The fourth-order valence-electron chi connectivity index (χ4n) is 4.19. The molecule has 0 spiro atoms. The summed E-state index contributed by atoms with van der Waals surface area (Å²) in [4.78, 5) is 0. The number of nitrogens with zero attached hydrogens (tertiary/aromatic N) is 5. The van der Waals surface area contributed by atoms with Crippen molar-refractivity contribution in [1.29, 1.82) is 0 Å². The van der Waals surface area contributed by atoms with Crippen LogP contribution in [-0.2, 0) is 6.54 Å². The maximum atomic E-state index is 6.09. The summed E-state index contributed by atoms with van der Waals surface area (Å²) in [6.07, 6.45) is 3.55. The average Bonchev–Trinajstić information content (AvgIpc) is 3.23. The van der Waals surface area contributed by atoms with Gasteiger partial charge in [0.2, 0.25) is 0 Å². The van der Waals surface area contributed by atoms with Crippen LogP contribution < -0.4 is 21.9 Å². The largest absolute Gasteiger partial charge is 0.341 e. The molecule has 0 aliphatic rings. The molecule has 7 nitrogen and oxygen atoms in total. The first-order valence-corrected chi connectivity index (χ1v) is 11.5. The van der Waals surface area contributed by atoms with Crippen molar-refractivity contribution in [2.75, 3.05) is 10.2 Å². The third kappa shape index (κ3) is 4.63. The second-order valence-corrected chi connectivity index (χ2v) is 8.15. The van der Waals surface area contributed by atoms with Gasteiger partial charge >= 0.3 is 0 Å². The lowest BCUT2D eigenvalue weighted by Crippen LogP contribution is -2.24. The van der Waals surface area contributed by atoms with Crippen molar-refractivity contribution in [3.05, 3.63) is 108 Å². The van der Waals surface area contributed by atoms with E-state index < -0.39 is 0 Å². The van der Waals surface area contributed by atoms with E-state index in [9.17, 15) is 0 Å². The number of aryl methyl sites for hydroxylation is 1. The molecule has 174 valence electrons. The van der Waals surface area contributed by atoms with Crippen LogP contribution in [0.5, 0.6) is 0 Å². The van der Waals surface area contributed by atoms with E-state index >= 15 is 0 Å². The molecule has 0 radical (unpaired) electrons. The SMILES string of the molecule is CCn1c2ccc(/C=N/N(N)c3ccccc3)cc2c2cc(/C=N/N(N)c3ccccc3)ccc21. The summed E-state index contributed by atoms with van der Waals surface area (Å²) >= 11 is 0. The van der Waals surface area contributed by atoms with Gasteiger partial charge in [-0.1, -0.05) is 48.5 Å². The minimum Gasteiger partial charge on any atom is -0.341 e. The maximum Gasteiger partial charge on any atom is 0.0776 e. The van der Waals surface area contributed by atoms with E-state index in [0.29, 0.717) is 0 Å². The molecule has 0 fully saturated rings. The lowest BCUT2D eigenvalue weighted by atomic mass is 10.1. The third-order valence-corrected chi connectivity index (χ3v) is 5.93. The van der Waals surface area contributed by atoms with E-state index in [2.05, 4.69) is 58.1 Å². The van der Waals surface area contributed by atoms with Crippen molar-refractivity contribution < 1.29 is 0 Å². The van der Waals surface area contributed by atoms with Gasteiger partial charge in [0.25, 0.3) is 0 Å². The number of fused-ring (bicyclic) bond motifs is 3. The quantitative estimate of drug-likeness (QED) is 0.197. The molecule has 35 heavy (non-hydrogen) atoms. The molecule has 0 amide bonds. The second-order valence-electron chi connectivity index (χ2n) is 8.15. The van der Waals surface area contributed by atoms with Crippen LogP contribution in [0.3, 0.4) is 0 Å². The van der Waals surface area contributed by atoms with Crippen molar-refractivity contribution in [1.82, 2.24) is 4.57 Å². The predicted molar refractivity (Wildman–Crippen MR) is 147 cm³/mol. The van der Waals surface area contributed by atoms with Gasteiger partial charge in [-0.05, 0) is 66.6 Å². The number of benzene rings is 4. The maximum absolute atomic E-state index is 6.09. The Hall–Kier alpha value is -4.46. The molecule has 0 saturated carbocycles. The normalized spacial score (nSPS) is 11.7. The molecule has 0 aliphatic carbocycles. The zero-order valence-corrected chi connectivity index (χ0v) is 19.5. The molecular weight excluding hydrogens is 434 g/mol. The van der Waals surface area contributed by atoms with Crippen molar-refractivity contribution >= 4 is 45.6 Å². The van der Waals surface area contributed by atoms with E-state index in [4.69, 9.17) is 11.7 Å². The molecule has 0 atom stereocenters. The van der Waals surface area contributed by atoms with Gasteiger partial charge in [0.1, 0.15) is 0 Å². The lowest BCUT2D eigenvalue weighted by Gasteiger charge is -2.11. The van der Waals surface area contributed by atoms with Gasteiger partial charge in [-0.2, -0.15) is 20.4 Å². The van der Waals surface area contributed by atoms with E-state index in [1.54, 1.807) is 12.4 Å². The van der Waals surface area contributed by atoms with Gasteiger partial charge in [-0.25, -0.2) is 11.7 Å². The molecule has 0 aliphatic heterocycles. The first-order valence-electron chi connectivity index (χ1n) is 11.5. The number of hydrazone groups is 2. The van der Waals surface area contributed by atoms with E-state index in [-0.39, 0.29) is 0 Å². The van der Waals surface area contributed by atoms with Crippen LogP contribution in [0.25, 0.3) is 21.8 Å². The van der Waals surface area contributed by atoms with Crippen LogP contribution in [0.2, 0.25) is 0 Å². The topological polar surface area (TPSA) is 88.2 Å². The number of anilines is 2. The van der Waals surface area contributed by atoms with Gasteiger partial charge in [0.15, 0.2) is 0 Å². The van der Waals surface area contributed by atoms with Crippen LogP contribution >= 0.6 is 0 Å². The van der Waals surface area contributed by atoms with Crippen LogP contribution in [0, 0.1) is 0 Å². The first-order chi connectivity index (χ1) is 17.1. The summed E-state index contributed by atoms with van der Waals surface area (Å²) in [6.45, 7) is 3.03. The zero-order chi connectivity index (χ0) is 24.2.